The van der Waals surface area contributed by atoms with Gasteiger partial charge in [0.1, 0.15) is 5.82 Å². The van der Waals surface area contributed by atoms with Crippen LogP contribution in [-0.4, -0.2) is 49.8 Å². The number of anilines is 1. The SMILES string of the molecule is CC1CN(c2ccc(CNC(=O)CNCC3CC3)cn2)CCO1. The van der Waals surface area contributed by atoms with E-state index < -0.39 is 0 Å². The normalized spacial score (nSPS) is 21.3. The lowest BCUT2D eigenvalue weighted by Crippen LogP contribution is -2.41. The van der Waals surface area contributed by atoms with Crippen LogP contribution in [0.1, 0.15) is 25.3 Å². The Morgan fingerprint density at radius 1 is 1.43 bits per heavy atom. The molecule has 1 saturated carbocycles. The van der Waals surface area contributed by atoms with Crippen molar-refractivity contribution in [3.63, 3.8) is 0 Å². The highest BCUT2D eigenvalue weighted by atomic mass is 16.5. The van der Waals surface area contributed by atoms with E-state index in [-0.39, 0.29) is 12.0 Å². The van der Waals surface area contributed by atoms with E-state index in [2.05, 4.69) is 27.4 Å². The lowest BCUT2D eigenvalue weighted by atomic mass is 10.2. The summed E-state index contributed by atoms with van der Waals surface area (Å²) in [5.74, 6) is 1.81. The zero-order valence-corrected chi connectivity index (χ0v) is 13.8. The lowest BCUT2D eigenvalue weighted by molar-refractivity contribution is -0.120. The summed E-state index contributed by atoms with van der Waals surface area (Å²) in [6.45, 7) is 6.45. The zero-order valence-electron chi connectivity index (χ0n) is 13.8. The summed E-state index contributed by atoms with van der Waals surface area (Å²) < 4.78 is 5.55. The number of morpholine rings is 1. The highest BCUT2D eigenvalue weighted by molar-refractivity contribution is 5.77. The molecule has 1 amide bonds. The van der Waals surface area contributed by atoms with E-state index in [0.29, 0.717) is 13.1 Å². The topological polar surface area (TPSA) is 66.5 Å². The second-order valence-corrected chi connectivity index (χ2v) is 6.50. The Bertz CT molecular complexity index is 516. The number of carbonyl (C=O) groups excluding carboxylic acids is 1. The van der Waals surface area contributed by atoms with E-state index in [1.54, 1.807) is 0 Å². The van der Waals surface area contributed by atoms with Crippen molar-refractivity contribution in [2.24, 2.45) is 5.92 Å². The maximum atomic E-state index is 11.8. The Hall–Kier alpha value is -1.66. The fourth-order valence-corrected chi connectivity index (χ4v) is 2.71. The van der Waals surface area contributed by atoms with Crippen LogP contribution in [-0.2, 0) is 16.1 Å². The molecule has 2 heterocycles. The van der Waals surface area contributed by atoms with Gasteiger partial charge in [-0.05, 0) is 43.9 Å². The Balaban J connectivity index is 1.40. The molecular formula is C17H26N4O2. The molecule has 2 aliphatic rings. The molecule has 126 valence electrons. The van der Waals surface area contributed by atoms with E-state index >= 15 is 0 Å². The standard InChI is InChI=1S/C17H26N4O2/c1-13-12-21(6-7-23-13)16-5-4-15(9-19-16)10-20-17(22)11-18-8-14-2-3-14/h4-5,9,13-14,18H,2-3,6-8,10-12H2,1H3,(H,20,22). The van der Waals surface area contributed by atoms with Crippen LogP contribution in [0.4, 0.5) is 5.82 Å². The van der Waals surface area contributed by atoms with E-state index in [4.69, 9.17) is 4.74 Å². The molecule has 1 unspecified atom stereocenters. The fourth-order valence-electron chi connectivity index (χ4n) is 2.71. The molecule has 0 bridgehead atoms. The first-order valence-electron chi connectivity index (χ1n) is 8.49. The molecule has 1 aliphatic carbocycles. The molecule has 3 rings (SSSR count). The van der Waals surface area contributed by atoms with Gasteiger partial charge in [-0.15, -0.1) is 0 Å². The smallest absolute Gasteiger partial charge is 0.234 e. The van der Waals surface area contributed by atoms with Crippen LogP contribution >= 0.6 is 0 Å². The van der Waals surface area contributed by atoms with Crippen LogP contribution in [0.5, 0.6) is 0 Å². The van der Waals surface area contributed by atoms with Gasteiger partial charge in [-0.3, -0.25) is 4.79 Å². The summed E-state index contributed by atoms with van der Waals surface area (Å²) in [6, 6.07) is 4.05. The third-order valence-corrected chi connectivity index (χ3v) is 4.28. The van der Waals surface area contributed by atoms with Crippen molar-refractivity contribution in [2.75, 3.05) is 37.7 Å². The summed E-state index contributed by atoms with van der Waals surface area (Å²) in [4.78, 5) is 18.5. The number of carbonyl (C=O) groups is 1. The third kappa shape index (κ3) is 5.18. The Morgan fingerprint density at radius 2 is 2.30 bits per heavy atom. The largest absolute Gasteiger partial charge is 0.375 e. The number of amides is 1. The molecule has 6 heteroatoms. The quantitative estimate of drug-likeness (QED) is 0.783. The molecule has 1 atom stereocenters. The molecule has 1 saturated heterocycles. The summed E-state index contributed by atoms with van der Waals surface area (Å²) in [7, 11) is 0. The highest BCUT2D eigenvalue weighted by Gasteiger charge is 2.20. The molecule has 1 aromatic heterocycles. The van der Waals surface area contributed by atoms with Gasteiger partial charge in [0.05, 0.1) is 19.3 Å². The molecular weight excluding hydrogens is 292 g/mol. The highest BCUT2D eigenvalue weighted by Crippen LogP contribution is 2.27. The summed E-state index contributed by atoms with van der Waals surface area (Å²) in [6.07, 6.45) is 4.68. The Labute approximate surface area is 137 Å². The molecule has 2 N–H and O–H groups in total. The zero-order chi connectivity index (χ0) is 16.1. The molecule has 1 aromatic rings. The van der Waals surface area contributed by atoms with Crippen LogP contribution < -0.4 is 15.5 Å². The molecule has 6 nitrogen and oxygen atoms in total. The number of hydrogen-bond acceptors (Lipinski definition) is 5. The van der Waals surface area contributed by atoms with Gasteiger partial charge in [0.2, 0.25) is 5.91 Å². The van der Waals surface area contributed by atoms with Gasteiger partial charge in [-0.1, -0.05) is 6.07 Å². The van der Waals surface area contributed by atoms with Crippen molar-refractivity contribution < 1.29 is 9.53 Å². The first-order valence-corrected chi connectivity index (χ1v) is 8.49. The van der Waals surface area contributed by atoms with Crippen LogP contribution in [0.15, 0.2) is 18.3 Å². The van der Waals surface area contributed by atoms with Gasteiger partial charge in [0.25, 0.3) is 0 Å². The minimum Gasteiger partial charge on any atom is -0.375 e. The second-order valence-electron chi connectivity index (χ2n) is 6.50. The van der Waals surface area contributed by atoms with E-state index in [1.807, 2.05) is 18.3 Å². The Morgan fingerprint density at radius 3 is 3.00 bits per heavy atom. The second kappa shape index (κ2) is 7.75. The molecule has 0 aromatic carbocycles. The number of hydrogen-bond donors (Lipinski definition) is 2. The predicted octanol–water partition coefficient (Wildman–Crippen LogP) is 0.923. The van der Waals surface area contributed by atoms with E-state index in [1.165, 1.54) is 12.8 Å². The minimum atomic E-state index is 0.0386. The molecule has 0 spiro atoms. The monoisotopic (exact) mass is 318 g/mol. The molecule has 23 heavy (non-hydrogen) atoms. The fraction of sp³-hybridized carbons (Fsp3) is 0.647. The van der Waals surface area contributed by atoms with Crippen molar-refractivity contribution in [3.8, 4) is 0 Å². The lowest BCUT2D eigenvalue weighted by Gasteiger charge is -2.32. The predicted molar refractivity (Wildman–Crippen MR) is 89.3 cm³/mol. The summed E-state index contributed by atoms with van der Waals surface area (Å²) in [5.41, 5.74) is 1.02. The van der Waals surface area contributed by atoms with Gasteiger partial charge in [0, 0.05) is 25.8 Å². The van der Waals surface area contributed by atoms with Crippen LogP contribution in [0.2, 0.25) is 0 Å². The first-order chi connectivity index (χ1) is 11.2. The van der Waals surface area contributed by atoms with Crippen molar-refractivity contribution >= 4 is 11.7 Å². The van der Waals surface area contributed by atoms with Crippen LogP contribution in [0.3, 0.4) is 0 Å². The third-order valence-electron chi connectivity index (χ3n) is 4.28. The average Bonchev–Trinajstić information content (AvgIpc) is 3.38. The van der Waals surface area contributed by atoms with Gasteiger partial charge < -0.3 is 20.3 Å². The van der Waals surface area contributed by atoms with Crippen molar-refractivity contribution in [3.05, 3.63) is 23.9 Å². The van der Waals surface area contributed by atoms with Crippen LogP contribution in [0.25, 0.3) is 0 Å². The summed E-state index contributed by atoms with van der Waals surface area (Å²) >= 11 is 0. The van der Waals surface area contributed by atoms with Gasteiger partial charge >= 0.3 is 0 Å². The van der Waals surface area contributed by atoms with Gasteiger partial charge in [0.15, 0.2) is 0 Å². The maximum absolute atomic E-state index is 11.8. The number of ether oxygens (including phenoxy) is 1. The maximum Gasteiger partial charge on any atom is 0.234 e. The molecule has 0 radical (unpaired) electrons. The number of nitrogens with zero attached hydrogens (tertiary/aromatic N) is 2. The van der Waals surface area contributed by atoms with E-state index in [0.717, 1.165) is 43.5 Å². The number of pyridine rings is 1. The molecule has 1 aliphatic heterocycles. The van der Waals surface area contributed by atoms with Crippen molar-refractivity contribution in [1.82, 2.24) is 15.6 Å². The number of aromatic nitrogens is 1. The number of rotatable bonds is 7. The average molecular weight is 318 g/mol. The van der Waals surface area contributed by atoms with Crippen molar-refractivity contribution in [2.45, 2.75) is 32.4 Å². The molecule has 2 fully saturated rings. The van der Waals surface area contributed by atoms with Crippen molar-refractivity contribution in [1.29, 1.82) is 0 Å². The first kappa shape index (κ1) is 16.2. The Kier molecular flexibility index (Phi) is 5.46. The van der Waals surface area contributed by atoms with Gasteiger partial charge in [-0.25, -0.2) is 4.98 Å². The van der Waals surface area contributed by atoms with Gasteiger partial charge in [-0.2, -0.15) is 0 Å². The number of nitrogens with one attached hydrogen (secondary N) is 2. The van der Waals surface area contributed by atoms with Crippen LogP contribution in [0, 0.1) is 5.92 Å². The minimum absolute atomic E-state index is 0.0386. The van der Waals surface area contributed by atoms with E-state index in [9.17, 15) is 4.79 Å². The summed E-state index contributed by atoms with van der Waals surface area (Å²) in [5, 5.41) is 6.12.